The van der Waals surface area contributed by atoms with Crippen molar-refractivity contribution in [3.63, 3.8) is 0 Å². The third-order valence-electron chi connectivity index (χ3n) is 4.40. The molecule has 0 bridgehead atoms. The molecule has 0 unspecified atom stereocenters. The van der Waals surface area contributed by atoms with E-state index in [2.05, 4.69) is 10.3 Å². The van der Waals surface area contributed by atoms with Crippen LogP contribution in [0.5, 0.6) is 11.5 Å². The predicted octanol–water partition coefficient (Wildman–Crippen LogP) is 1.90. The fourth-order valence-electron chi connectivity index (χ4n) is 2.88. The summed E-state index contributed by atoms with van der Waals surface area (Å²) in [7, 11) is 2.97. The van der Waals surface area contributed by atoms with E-state index in [1.54, 1.807) is 30.3 Å². The Morgan fingerprint density at radius 3 is 2.67 bits per heavy atom. The minimum Gasteiger partial charge on any atom is -0.497 e. The van der Waals surface area contributed by atoms with E-state index in [-0.39, 0.29) is 12.1 Å². The van der Waals surface area contributed by atoms with Gasteiger partial charge in [-0.15, -0.1) is 0 Å². The number of nitrogens with one attached hydrogen (secondary N) is 1. The van der Waals surface area contributed by atoms with Gasteiger partial charge < -0.3 is 19.5 Å². The SMILES string of the molecule is COc1ccc(OC)c(NC(=O)COC(=O)Cn2cnc3c(C)cccc3c2=O)c1. The zero-order valence-corrected chi connectivity index (χ0v) is 16.8. The van der Waals surface area contributed by atoms with Crippen molar-refractivity contribution < 1.29 is 23.8 Å². The lowest BCUT2D eigenvalue weighted by Gasteiger charge is -2.12. The van der Waals surface area contributed by atoms with Crippen molar-refractivity contribution in [2.45, 2.75) is 13.5 Å². The van der Waals surface area contributed by atoms with Crippen molar-refractivity contribution in [2.24, 2.45) is 0 Å². The summed E-state index contributed by atoms with van der Waals surface area (Å²) in [5, 5.41) is 3.01. The molecule has 30 heavy (non-hydrogen) atoms. The van der Waals surface area contributed by atoms with Crippen LogP contribution in [-0.2, 0) is 20.9 Å². The van der Waals surface area contributed by atoms with Crippen LogP contribution in [0.25, 0.3) is 10.9 Å². The molecule has 0 aliphatic carbocycles. The van der Waals surface area contributed by atoms with Gasteiger partial charge in [-0.3, -0.25) is 19.0 Å². The number of hydrogen-bond donors (Lipinski definition) is 1. The van der Waals surface area contributed by atoms with Gasteiger partial charge in [0.05, 0.1) is 37.1 Å². The van der Waals surface area contributed by atoms with E-state index in [0.29, 0.717) is 28.1 Å². The number of carbonyl (C=O) groups excluding carboxylic acids is 2. The standard InChI is InChI=1S/C21H21N3O6/c1-13-5-4-6-15-20(13)22-12-24(21(15)27)10-19(26)30-11-18(25)23-16-9-14(28-2)7-8-17(16)29-3/h4-9,12H,10-11H2,1-3H3,(H,23,25). The van der Waals surface area contributed by atoms with Gasteiger partial charge in [0.25, 0.3) is 11.5 Å². The predicted molar refractivity (Wildman–Crippen MR) is 110 cm³/mol. The summed E-state index contributed by atoms with van der Waals surface area (Å²) < 4.78 is 16.4. The van der Waals surface area contributed by atoms with E-state index >= 15 is 0 Å². The number of rotatable bonds is 7. The number of esters is 1. The number of hydrogen-bond acceptors (Lipinski definition) is 7. The summed E-state index contributed by atoms with van der Waals surface area (Å²) in [6.07, 6.45) is 1.29. The third kappa shape index (κ3) is 4.57. The zero-order chi connectivity index (χ0) is 21.7. The third-order valence-corrected chi connectivity index (χ3v) is 4.40. The maximum absolute atomic E-state index is 12.5. The molecule has 1 aromatic heterocycles. The maximum atomic E-state index is 12.5. The molecule has 1 N–H and O–H groups in total. The molecule has 3 rings (SSSR count). The van der Waals surface area contributed by atoms with E-state index < -0.39 is 18.5 Å². The number of benzene rings is 2. The normalized spacial score (nSPS) is 10.5. The van der Waals surface area contributed by atoms with Gasteiger partial charge in [0.15, 0.2) is 6.61 Å². The molecule has 9 heteroatoms. The summed E-state index contributed by atoms with van der Waals surface area (Å²) in [6, 6.07) is 10.2. The van der Waals surface area contributed by atoms with Crippen LogP contribution in [0.15, 0.2) is 47.5 Å². The van der Waals surface area contributed by atoms with Gasteiger partial charge in [0, 0.05) is 6.07 Å². The Labute approximate surface area is 172 Å². The molecular weight excluding hydrogens is 390 g/mol. The quantitative estimate of drug-likeness (QED) is 0.592. The summed E-state index contributed by atoms with van der Waals surface area (Å²) in [5.41, 5.74) is 1.47. The van der Waals surface area contributed by atoms with E-state index in [1.807, 2.05) is 13.0 Å². The topological polar surface area (TPSA) is 109 Å². The fourth-order valence-corrected chi connectivity index (χ4v) is 2.88. The zero-order valence-electron chi connectivity index (χ0n) is 16.8. The second-order valence-corrected chi connectivity index (χ2v) is 6.42. The minimum atomic E-state index is -0.737. The van der Waals surface area contributed by atoms with E-state index in [9.17, 15) is 14.4 Å². The highest BCUT2D eigenvalue weighted by atomic mass is 16.5. The molecule has 1 heterocycles. The Balaban J connectivity index is 1.63. The molecule has 0 saturated heterocycles. The molecule has 0 fully saturated rings. The molecule has 156 valence electrons. The van der Waals surface area contributed by atoms with Crippen LogP contribution in [0.4, 0.5) is 5.69 Å². The van der Waals surface area contributed by atoms with Gasteiger partial charge >= 0.3 is 5.97 Å². The number of aryl methyl sites for hydroxylation is 1. The molecule has 0 radical (unpaired) electrons. The molecule has 0 atom stereocenters. The lowest BCUT2D eigenvalue weighted by atomic mass is 10.1. The Bertz CT molecular complexity index is 1160. The number of amides is 1. The second kappa shape index (κ2) is 9.08. The van der Waals surface area contributed by atoms with Crippen LogP contribution >= 0.6 is 0 Å². The molecule has 3 aromatic rings. The monoisotopic (exact) mass is 411 g/mol. The van der Waals surface area contributed by atoms with Crippen LogP contribution in [0, 0.1) is 6.92 Å². The summed E-state index contributed by atoms with van der Waals surface area (Å²) in [6.45, 7) is 0.975. The highest BCUT2D eigenvalue weighted by Crippen LogP contribution is 2.28. The maximum Gasteiger partial charge on any atom is 0.326 e. The highest BCUT2D eigenvalue weighted by Gasteiger charge is 2.14. The average Bonchev–Trinajstić information content (AvgIpc) is 2.74. The van der Waals surface area contributed by atoms with Crippen LogP contribution in [0.2, 0.25) is 0 Å². The number of para-hydroxylation sites is 1. The lowest BCUT2D eigenvalue weighted by Crippen LogP contribution is -2.28. The molecule has 0 aliphatic rings. The highest BCUT2D eigenvalue weighted by molar-refractivity contribution is 5.94. The number of anilines is 1. The van der Waals surface area contributed by atoms with Crippen molar-refractivity contribution >= 4 is 28.5 Å². The molecule has 0 spiro atoms. The van der Waals surface area contributed by atoms with Gasteiger partial charge in [-0.05, 0) is 30.7 Å². The van der Waals surface area contributed by atoms with Crippen molar-refractivity contribution in [2.75, 3.05) is 26.1 Å². The number of ether oxygens (including phenoxy) is 3. The van der Waals surface area contributed by atoms with Crippen LogP contribution in [-0.4, -0.2) is 42.3 Å². The Morgan fingerprint density at radius 2 is 1.93 bits per heavy atom. The summed E-state index contributed by atoms with van der Waals surface area (Å²) >= 11 is 0. The molecule has 9 nitrogen and oxygen atoms in total. The minimum absolute atomic E-state index is 0.355. The first-order valence-electron chi connectivity index (χ1n) is 9.05. The van der Waals surface area contributed by atoms with Gasteiger partial charge in [-0.25, -0.2) is 4.98 Å². The van der Waals surface area contributed by atoms with Crippen LogP contribution in [0.1, 0.15) is 5.56 Å². The Kier molecular flexibility index (Phi) is 6.31. The molecule has 1 amide bonds. The molecular formula is C21H21N3O6. The second-order valence-electron chi connectivity index (χ2n) is 6.42. The van der Waals surface area contributed by atoms with Crippen LogP contribution < -0.4 is 20.3 Å². The van der Waals surface area contributed by atoms with Crippen molar-refractivity contribution in [3.05, 3.63) is 58.6 Å². The van der Waals surface area contributed by atoms with Gasteiger partial charge in [-0.1, -0.05) is 12.1 Å². The van der Waals surface area contributed by atoms with E-state index in [1.165, 1.54) is 20.5 Å². The number of methoxy groups -OCH3 is 2. The first-order valence-corrected chi connectivity index (χ1v) is 9.05. The van der Waals surface area contributed by atoms with Crippen molar-refractivity contribution in [1.82, 2.24) is 9.55 Å². The molecule has 2 aromatic carbocycles. The number of nitrogens with zero attached hydrogens (tertiary/aromatic N) is 2. The van der Waals surface area contributed by atoms with Gasteiger partial charge in [-0.2, -0.15) is 0 Å². The molecule has 0 saturated carbocycles. The average molecular weight is 411 g/mol. The van der Waals surface area contributed by atoms with E-state index in [0.717, 1.165) is 10.1 Å². The van der Waals surface area contributed by atoms with Crippen molar-refractivity contribution in [3.8, 4) is 11.5 Å². The fraction of sp³-hybridized carbons (Fsp3) is 0.238. The van der Waals surface area contributed by atoms with Crippen LogP contribution in [0.3, 0.4) is 0 Å². The van der Waals surface area contributed by atoms with E-state index in [4.69, 9.17) is 14.2 Å². The summed E-state index contributed by atoms with van der Waals surface area (Å²) in [4.78, 5) is 41.0. The Morgan fingerprint density at radius 1 is 1.13 bits per heavy atom. The number of carbonyl (C=O) groups is 2. The largest absolute Gasteiger partial charge is 0.497 e. The van der Waals surface area contributed by atoms with Crippen molar-refractivity contribution in [1.29, 1.82) is 0 Å². The van der Waals surface area contributed by atoms with Gasteiger partial charge in [0.2, 0.25) is 0 Å². The molecule has 0 aliphatic heterocycles. The summed E-state index contributed by atoms with van der Waals surface area (Å²) in [5.74, 6) is -0.339. The number of fused-ring (bicyclic) bond motifs is 1. The smallest absolute Gasteiger partial charge is 0.326 e. The number of aromatic nitrogens is 2. The Hall–Kier alpha value is -3.88. The first kappa shape index (κ1) is 20.8. The van der Waals surface area contributed by atoms with Gasteiger partial charge in [0.1, 0.15) is 18.0 Å². The lowest BCUT2D eigenvalue weighted by molar-refractivity contribution is -0.147. The first-order chi connectivity index (χ1) is 14.4.